The molecule has 0 aliphatic heterocycles. The van der Waals surface area contributed by atoms with Crippen molar-refractivity contribution in [3.8, 4) is 11.4 Å². The van der Waals surface area contributed by atoms with Gasteiger partial charge in [0.05, 0.1) is 11.3 Å². The van der Waals surface area contributed by atoms with Gasteiger partial charge in [0, 0.05) is 13.1 Å². The van der Waals surface area contributed by atoms with E-state index in [1.54, 1.807) is 28.8 Å². The highest BCUT2D eigenvalue weighted by Crippen LogP contribution is 2.25. The van der Waals surface area contributed by atoms with Crippen molar-refractivity contribution >= 4 is 17.7 Å². The molecule has 0 spiro atoms. The van der Waals surface area contributed by atoms with Crippen molar-refractivity contribution in [2.24, 2.45) is 5.92 Å². The molecule has 0 unspecified atom stereocenters. The highest BCUT2D eigenvalue weighted by Gasteiger charge is 2.17. The summed E-state index contributed by atoms with van der Waals surface area (Å²) in [5.41, 5.74) is 0.378. The van der Waals surface area contributed by atoms with E-state index >= 15 is 0 Å². The molecule has 2 rings (SSSR count). The van der Waals surface area contributed by atoms with E-state index in [0.29, 0.717) is 35.6 Å². The number of carbonyl (C=O) groups is 1. The third kappa shape index (κ3) is 4.67. The Morgan fingerprint density at radius 3 is 2.83 bits per heavy atom. The van der Waals surface area contributed by atoms with E-state index < -0.39 is 0 Å². The van der Waals surface area contributed by atoms with Crippen LogP contribution in [0.25, 0.3) is 11.4 Å². The molecule has 0 fully saturated rings. The number of carbonyl (C=O) groups excluding carboxylic acids is 1. The zero-order valence-corrected chi connectivity index (χ0v) is 14.6. The van der Waals surface area contributed by atoms with E-state index in [2.05, 4.69) is 22.1 Å². The van der Waals surface area contributed by atoms with Gasteiger partial charge in [0.25, 0.3) is 0 Å². The number of nitrogens with zero attached hydrogens (tertiary/aromatic N) is 3. The van der Waals surface area contributed by atoms with E-state index in [1.165, 1.54) is 17.8 Å². The van der Waals surface area contributed by atoms with Crippen LogP contribution in [0.1, 0.15) is 13.8 Å². The Labute approximate surface area is 145 Å². The van der Waals surface area contributed by atoms with Crippen LogP contribution in [0.3, 0.4) is 0 Å². The molecule has 1 heterocycles. The number of aromatic nitrogens is 3. The number of hydrogen-bond donors (Lipinski definition) is 1. The molecule has 0 aliphatic carbocycles. The minimum Gasteiger partial charge on any atom is -0.355 e. The van der Waals surface area contributed by atoms with Crippen LogP contribution in [0.2, 0.25) is 0 Å². The Bertz CT molecular complexity index is 714. The predicted octanol–water partition coefficient (Wildman–Crippen LogP) is 3.13. The van der Waals surface area contributed by atoms with Crippen LogP contribution >= 0.6 is 11.8 Å². The highest BCUT2D eigenvalue weighted by molar-refractivity contribution is 7.99. The normalized spacial score (nSPS) is 10.8. The molecule has 0 bridgehead atoms. The maximum absolute atomic E-state index is 14.0. The molecule has 1 amide bonds. The molecule has 1 N–H and O–H groups in total. The van der Waals surface area contributed by atoms with Gasteiger partial charge < -0.3 is 5.32 Å². The van der Waals surface area contributed by atoms with Gasteiger partial charge >= 0.3 is 0 Å². The number of benzene rings is 1. The minimum atomic E-state index is -0.360. The van der Waals surface area contributed by atoms with Crippen LogP contribution < -0.4 is 5.32 Å². The first-order chi connectivity index (χ1) is 11.5. The van der Waals surface area contributed by atoms with Crippen molar-refractivity contribution in [3.05, 3.63) is 42.7 Å². The monoisotopic (exact) mass is 348 g/mol. The Kier molecular flexibility index (Phi) is 6.54. The molecule has 1 aromatic heterocycles. The second kappa shape index (κ2) is 8.63. The van der Waals surface area contributed by atoms with Gasteiger partial charge in [-0.1, -0.05) is 43.8 Å². The van der Waals surface area contributed by atoms with Crippen LogP contribution in [-0.4, -0.2) is 33.0 Å². The number of rotatable bonds is 8. The van der Waals surface area contributed by atoms with Gasteiger partial charge in [-0.15, -0.1) is 16.8 Å². The molecular weight excluding hydrogens is 327 g/mol. The zero-order chi connectivity index (χ0) is 17.5. The lowest BCUT2D eigenvalue weighted by Crippen LogP contribution is -2.28. The molecule has 0 radical (unpaired) electrons. The van der Waals surface area contributed by atoms with Gasteiger partial charge in [0.1, 0.15) is 5.82 Å². The minimum absolute atomic E-state index is 0.0608. The number of halogens is 1. The number of allylic oxidation sites excluding steroid dienone is 1. The van der Waals surface area contributed by atoms with Crippen LogP contribution in [-0.2, 0) is 11.3 Å². The van der Waals surface area contributed by atoms with Gasteiger partial charge in [-0.25, -0.2) is 4.39 Å². The standard InChI is InChI=1S/C17H21FN4OS/c1-4-9-22-16(13-7-5-6-8-14(13)18)20-21-17(22)24-11-15(23)19-10-12(2)3/h4-8,12H,1,9-11H2,2-3H3,(H,19,23). The summed E-state index contributed by atoms with van der Waals surface area (Å²) in [4.78, 5) is 11.9. The van der Waals surface area contributed by atoms with E-state index in [-0.39, 0.29) is 17.5 Å². The highest BCUT2D eigenvalue weighted by atomic mass is 32.2. The van der Waals surface area contributed by atoms with Crippen molar-refractivity contribution in [2.75, 3.05) is 12.3 Å². The van der Waals surface area contributed by atoms with Crippen molar-refractivity contribution in [1.82, 2.24) is 20.1 Å². The van der Waals surface area contributed by atoms with Crippen molar-refractivity contribution < 1.29 is 9.18 Å². The van der Waals surface area contributed by atoms with E-state index in [9.17, 15) is 9.18 Å². The van der Waals surface area contributed by atoms with Crippen LogP contribution in [0, 0.1) is 11.7 Å². The molecule has 0 atom stereocenters. The Morgan fingerprint density at radius 2 is 2.17 bits per heavy atom. The maximum Gasteiger partial charge on any atom is 0.230 e. The summed E-state index contributed by atoms with van der Waals surface area (Å²) in [7, 11) is 0. The lowest BCUT2D eigenvalue weighted by molar-refractivity contribution is -0.118. The van der Waals surface area contributed by atoms with E-state index in [1.807, 2.05) is 13.8 Å². The maximum atomic E-state index is 14.0. The molecular formula is C17H21FN4OS. The third-order valence-corrected chi connectivity index (χ3v) is 4.15. The quantitative estimate of drug-likeness (QED) is 0.588. The first kappa shape index (κ1) is 18.2. The number of amides is 1. The molecule has 128 valence electrons. The summed E-state index contributed by atoms with van der Waals surface area (Å²) < 4.78 is 15.8. The topological polar surface area (TPSA) is 59.8 Å². The second-order valence-corrected chi connectivity index (χ2v) is 6.61. The lowest BCUT2D eigenvalue weighted by atomic mass is 10.2. The average molecular weight is 348 g/mol. The molecule has 2 aromatic rings. The largest absolute Gasteiger partial charge is 0.355 e. The number of hydrogen-bond acceptors (Lipinski definition) is 4. The SMILES string of the molecule is C=CCn1c(SCC(=O)NCC(C)C)nnc1-c1ccccc1F. The lowest BCUT2D eigenvalue weighted by Gasteiger charge is -2.09. The summed E-state index contributed by atoms with van der Waals surface area (Å²) in [6, 6.07) is 6.41. The molecule has 5 nitrogen and oxygen atoms in total. The first-order valence-electron chi connectivity index (χ1n) is 7.71. The van der Waals surface area contributed by atoms with Crippen LogP contribution in [0.15, 0.2) is 42.1 Å². The van der Waals surface area contributed by atoms with Crippen molar-refractivity contribution in [2.45, 2.75) is 25.5 Å². The molecule has 0 saturated heterocycles. The fourth-order valence-corrected chi connectivity index (χ4v) is 2.81. The van der Waals surface area contributed by atoms with Gasteiger partial charge in [-0.05, 0) is 18.1 Å². The number of thioether (sulfide) groups is 1. The van der Waals surface area contributed by atoms with Crippen molar-refractivity contribution in [3.63, 3.8) is 0 Å². The smallest absolute Gasteiger partial charge is 0.230 e. The van der Waals surface area contributed by atoms with Crippen LogP contribution in [0.5, 0.6) is 0 Å². The summed E-state index contributed by atoms with van der Waals surface area (Å²) >= 11 is 1.28. The summed E-state index contributed by atoms with van der Waals surface area (Å²) in [6.07, 6.45) is 1.69. The predicted molar refractivity (Wildman–Crippen MR) is 94.2 cm³/mol. The van der Waals surface area contributed by atoms with Gasteiger partial charge in [0.2, 0.25) is 5.91 Å². The fourth-order valence-electron chi connectivity index (χ4n) is 2.03. The molecule has 0 aliphatic rings. The fraction of sp³-hybridized carbons (Fsp3) is 0.353. The average Bonchev–Trinajstić information content (AvgIpc) is 2.94. The van der Waals surface area contributed by atoms with E-state index in [0.717, 1.165) is 0 Å². The Hall–Kier alpha value is -2.15. The molecule has 7 heteroatoms. The molecule has 0 saturated carbocycles. The number of nitrogens with one attached hydrogen (secondary N) is 1. The first-order valence-corrected chi connectivity index (χ1v) is 8.70. The van der Waals surface area contributed by atoms with Crippen molar-refractivity contribution in [1.29, 1.82) is 0 Å². The summed E-state index contributed by atoms with van der Waals surface area (Å²) in [5, 5.41) is 11.6. The summed E-state index contributed by atoms with van der Waals surface area (Å²) in [5.74, 6) is 0.643. The Balaban J connectivity index is 2.15. The summed E-state index contributed by atoms with van der Waals surface area (Å²) in [6.45, 7) is 8.87. The van der Waals surface area contributed by atoms with Gasteiger partial charge in [0.15, 0.2) is 11.0 Å². The van der Waals surface area contributed by atoms with E-state index in [4.69, 9.17) is 0 Å². The Morgan fingerprint density at radius 1 is 1.42 bits per heavy atom. The van der Waals surface area contributed by atoms with Gasteiger partial charge in [-0.2, -0.15) is 0 Å². The molecule has 1 aromatic carbocycles. The van der Waals surface area contributed by atoms with Crippen LogP contribution in [0.4, 0.5) is 4.39 Å². The zero-order valence-electron chi connectivity index (χ0n) is 13.8. The molecule has 24 heavy (non-hydrogen) atoms. The van der Waals surface area contributed by atoms with Gasteiger partial charge in [-0.3, -0.25) is 9.36 Å². The third-order valence-electron chi connectivity index (χ3n) is 3.18. The second-order valence-electron chi connectivity index (χ2n) is 5.67.